The molecule has 1 aromatic rings. The minimum absolute atomic E-state index is 0.100. The molecule has 1 aliphatic rings. The number of carbonyl (C=O) groups is 2. The van der Waals surface area contributed by atoms with Crippen LogP contribution in [-0.4, -0.2) is 24.4 Å². The Labute approximate surface area is 99.6 Å². The van der Waals surface area contributed by atoms with Gasteiger partial charge in [-0.05, 0) is 32.3 Å². The van der Waals surface area contributed by atoms with Crippen molar-refractivity contribution in [2.24, 2.45) is 0 Å². The molecule has 1 aromatic heterocycles. The van der Waals surface area contributed by atoms with Crippen LogP contribution in [0.2, 0.25) is 0 Å². The van der Waals surface area contributed by atoms with E-state index in [4.69, 9.17) is 4.42 Å². The maximum atomic E-state index is 11.9. The Kier molecular flexibility index (Phi) is 3.46. The standard InChI is InChI=1S/C12H16N2O3/c1-8-9(5-7-17-8)11(15)14-10-4-2-3-6-13-12(10)16/h5,7,10H,2-4,6H2,1H3,(H,13,16)(H,14,15). The second kappa shape index (κ2) is 5.03. The van der Waals surface area contributed by atoms with Crippen molar-refractivity contribution in [2.75, 3.05) is 6.54 Å². The molecule has 2 N–H and O–H groups in total. The molecule has 5 heteroatoms. The van der Waals surface area contributed by atoms with E-state index in [2.05, 4.69) is 10.6 Å². The number of nitrogens with one attached hydrogen (secondary N) is 2. The molecule has 0 saturated carbocycles. The third kappa shape index (κ3) is 2.67. The van der Waals surface area contributed by atoms with E-state index < -0.39 is 6.04 Å². The van der Waals surface area contributed by atoms with Crippen molar-refractivity contribution in [2.45, 2.75) is 32.2 Å². The molecule has 2 rings (SSSR count). The third-order valence-corrected chi connectivity index (χ3v) is 2.94. The Morgan fingerprint density at radius 1 is 1.53 bits per heavy atom. The van der Waals surface area contributed by atoms with Crippen LogP contribution in [-0.2, 0) is 4.79 Å². The van der Waals surface area contributed by atoms with Crippen molar-refractivity contribution in [3.8, 4) is 0 Å². The van der Waals surface area contributed by atoms with Crippen molar-refractivity contribution < 1.29 is 14.0 Å². The summed E-state index contributed by atoms with van der Waals surface area (Å²) in [5.74, 6) is 0.215. The third-order valence-electron chi connectivity index (χ3n) is 2.94. The zero-order chi connectivity index (χ0) is 12.3. The Balaban J connectivity index is 2.02. The average Bonchev–Trinajstić information content (AvgIpc) is 2.63. The minimum atomic E-state index is -0.431. The molecule has 2 amide bonds. The maximum Gasteiger partial charge on any atom is 0.255 e. The van der Waals surface area contributed by atoms with Gasteiger partial charge >= 0.3 is 0 Å². The molecule has 0 bridgehead atoms. The van der Waals surface area contributed by atoms with E-state index >= 15 is 0 Å². The summed E-state index contributed by atoms with van der Waals surface area (Å²) < 4.78 is 5.06. The summed E-state index contributed by atoms with van der Waals surface area (Å²) in [6.07, 6.45) is 4.06. The molecule has 2 heterocycles. The minimum Gasteiger partial charge on any atom is -0.469 e. The van der Waals surface area contributed by atoms with Crippen LogP contribution in [0.25, 0.3) is 0 Å². The summed E-state index contributed by atoms with van der Waals surface area (Å²) in [5.41, 5.74) is 0.488. The van der Waals surface area contributed by atoms with Gasteiger partial charge in [-0.1, -0.05) is 0 Å². The first-order valence-electron chi connectivity index (χ1n) is 5.81. The van der Waals surface area contributed by atoms with Crippen LogP contribution < -0.4 is 10.6 Å². The van der Waals surface area contributed by atoms with Gasteiger partial charge in [-0.2, -0.15) is 0 Å². The quantitative estimate of drug-likeness (QED) is 0.804. The van der Waals surface area contributed by atoms with Gasteiger partial charge in [-0.15, -0.1) is 0 Å². The van der Waals surface area contributed by atoms with Gasteiger partial charge in [-0.25, -0.2) is 0 Å². The van der Waals surface area contributed by atoms with Crippen LogP contribution in [0, 0.1) is 6.92 Å². The number of hydrogen-bond acceptors (Lipinski definition) is 3. The van der Waals surface area contributed by atoms with Gasteiger partial charge in [-0.3, -0.25) is 9.59 Å². The lowest BCUT2D eigenvalue weighted by atomic mass is 10.1. The normalized spacial score (nSPS) is 20.5. The molecule has 5 nitrogen and oxygen atoms in total. The number of furan rings is 1. The molecular weight excluding hydrogens is 220 g/mol. The summed E-state index contributed by atoms with van der Waals surface area (Å²) in [7, 11) is 0. The highest BCUT2D eigenvalue weighted by molar-refractivity contribution is 5.98. The molecule has 1 aliphatic heterocycles. The first-order valence-corrected chi connectivity index (χ1v) is 5.81. The molecular formula is C12H16N2O3. The van der Waals surface area contributed by atoms with E-state index in [9.17, 15) is 9.59 Å². The SMILES string of the molecule is Cc1occc1C(=O)NC1CCCCNC1=O. The first-order chi connectivity index (χ1) is 8.18. The van der Waals surface area contributed by atoms with Gasteiger partial charge in [0, 0.05) is 6.54 Å². The largest absolute Gasteiger partial charge is 0.469 e. The molecule has 0 radical (unpaired) electrons. The van der Waals surface area contributed by atoms with Crippen molar-refractivity contribution in [3.63, 3.8) is 0 Å². The molecule has 0 spiro atoms. The number of amides is 2. The maximum absolute atomic E-state index is 11.9. The number of hydrogen-bond donors (Lipinski definition) is 2. The summed E-state index contributed by atoms with van der Waals surface area (Å²) >= 11 is 0. The van der Waals surface area contributed by atoms with E-state index in [1.165, 1.54) is 6.26 Å². The molecule has 1 fully saturated rings. The monoisotopic (exact) mass is 236 g/mol. The van der Waals surface area contributed by atoms with Gasteiger partial charge in [0.15, 0.2) is 0 Å². The Morgan fingerprint density at radius 3 is 3.06 bits per heavy atom. The van der Waals surface area contributed by atoms with Crippen molar-refractivity contribution in [1.82, 2.24) is 10.6 Å². The highest BCUT2D eigenvalue weighted by Gasteiger charge is 2.23. The van der Waals surface area contributed by atoms with E-state index in [-0.39, 0.29) is 11.8 Å². The smallest absolute Gasteiger partial charge is 0.255 e. The molecule has 1 saturated heterocycles. The van der Waals surface area contributed by atoms with Gasteiger partial charge in [0.25, 0.3) is 5.91 Å². The fraction of sp³-hybridized carbons (Fsp3) is 0.500. The molecule has 0 aliphatic carbocycles. The van der Waals surface area contributed by atoms with Crippen molar-refractivity contribution in [1.29, 1.82) is 0 Å². The average molecular weight is 236 g/mol. The van der Waals surface area contributed by atoms with Gasteiger partial charge in [0.1, 0.15) is 11.8 Å². The number of aryl methyl sites for hydroxylation is 1. The second-order valence-electron chi connectivity index (χ2n) is 4.20. The first kappa shape index (κ1) is 11.7. The summed E-state index contributed by atoms with van der Waals surface area (Å²) in [5, 5.41) is 5.52. The molecule has 92 valence electrons. The number of rotatable bonds is 2. The topological polar surface area (TPSA) is 71.3 Å². The summed E-state index contributed by atoms with van der Waals surface area (Å²) in [6.45, 7) is 2.41. The summed E-state index contributed by atoms with van der Waals surface area (Å²) in [6, 6.07) is 1.18. The predicted molar refractivity (Wildman–Crippen MR) is 61.6 cm³/mol. The zero-order valence-corrected chi connectivity index (χ0v) is 9.79. The highest BCUT2D eigenvalue weighted by atomic mass is 16.3. The lowest BCUT2D eigenvalue weighted by molar-refractivity contribution is -0.122. The fourth-order valence-corrected chi connectivity index (χ4v) is 1.93. The fourth-order valence-electron chi connectivity index (χ4n) is 1.93. The number of carbonyl (C=O) groups excluding carboxylic acids is 2. The Morgan fingerprint density at radius 2 is 2.35 bits per heavy atom. The summed E-state index contributed by atoms with van der Waals surface area (Å²) in [4.78, 5) is 23.6. The van der Waals surface area contributed by atoms with E-state index in [1.807, 2.05) is 0 Å². The van der Waals surface area contributed by atoms with Crippen LogP contribution in [0.3, 0.4) is 0 Å². The van der Waals surface area contributed by atoms with Crippen LogP contribution in [0.15, 0.2) is 16.7 Å². The van der Waals surface area contributed by atoms with Crippen molar-refractivity contribution in [3.05, 3.63) is 23.7 Å². The van der Waals surface area contributed by atoms with Crippen LogP contribution in [0.1, 0.15) is 35.4 Å². The molecule has 1 atom stereocenters. The predicted octanol–water partition coefficient (Wildman–Crippen LogP) is 0.987. The van der Waals surface area contributed by atoms with Crippen LogP contribution in [0.5, 0.6) is 0 Å². The second-order valence-corrected chi connectivity index (χ2v) is 4.20. The van der Waals surface area contributed by atoms with Crippen LogP contribution >= 0.6 is 0 Å². The lowest BCUT2D eigenvalue weighted by Gasteiger charge is -2.14. The zero-order valence-electron chi connectivity index (χ0n) is 9.79. The molecule has 17 heavy (non-hydrogen) atoms. The van der Waals surface area contributed by atoms with Crippen LogP contribution in [0.4, 0.5) is 0 Å². The van der Waals surface area contributed by atoms with Crippen molar-refractivity contribution >= 4 is 11.8 Å². The Bertz CT molecular complexity index is 425. The molecule has 1 unspecified atom stereocenters. The lowest BCUT2D eigenvalue weighted by Crippen LogP contribution is -2.45. The van der Waals surface area contributed by atoms with E-state index in [1.54, 1.807) is 13.0 Å². The highest BCUT2D eigenvalue weighted by Crippen LogP contribution is 2.11. The Hall–Kier alpha value is -1.78. The van der Waals surface area contributed by atoms with Gasteiger partial charge in [0.05, 0.1) is 11.8 Å². The van der Waals surface area contributed by atoms with E-state index in [0.29, 0.717) is 24.3 Å². The van der Waals surface area contributed by atoms with Gasteiger partial charge in [0.2, 0.25) is 5.91 Å². The van der Waals surface area contributed by atoms with Gasteiger partial charge < -0.3 is 15.1 Å². The van der Waals surface area contributed by atoms with E-state index in [0.717, 1.165) is 12.8 Å². The molecule has 0 aromatic carbocycles.